The Balaban J connectivity index is 2.12. The summed E-state index contributed by atoms with van der Waals surface area (Å²) in [5, 5.41) is 1.20. The molecule has 1 nitrogen and oxygen atoms in total. The van der Waals surface area contributed by atoms with E-state index in [1.54, 1.807) is 0 Å². The maximum atomic E-state index is 4.94. The molecule has 0 unspecified atom stereocenters. The summed E-state index contributed by atoms with van der Waals surface area (Å²) in [6, 6.07) is 19.3. The number of hydrogen-bond donors (Lipinski definition) is 0. The minimum atomic E-state index is 0.0493. The Bertz CT molecular complexity index is 851. The number of hydrogen-bond acceptors (Lipinski definition) is 1. The summed E-state index contributed by atoms with van der Waals surface area (Å²) in [5.41, 5.74) is 6.14. The smallest absolute Gasteiger partial charge is 0.0756 e. The lowest BCUT2D eigenvalue weighted by Crippen LogP contribution is -2.28. The predicted molar refractivity (Wildman–Crippen MR) is 91.9 cm³/mol. The molecule has 1 aliphatic carbocycles. The highest BCUT2D eigenvalue weighted by atomic mass is 79.9. The largest absolute Gasteiger partial charge is 0.247 e. The fraction of sp³-hybridized carbons (Fsp3) is 0.211. The van der Waals surface area contributed by atoms with Gasteiger partial charge in [-0.3, -0.25) is 0 Å². The van der Waals surface area contributed by atoms with Crippen LogP contribution in [0.4, 0.5) is 0 Å². The van der Waals surface area contributed by atoms with Gasteiger partial charge in [-0.15, -0.1) is 0 Å². The summed E-state index contributed by atoms with van der Waals surface area (Å²) in [5.74, 6) is 0. The summed E-state index contributed by atoms with van der Waals surface area (Å²) in [6.07, 6.45) is 0. The van der Waals surface area contributed by atoms with Gasteiger partial charge in [0.15, 0.2) is 0 Å². The number of alkyl halides is 1. The summed E-state index contributed by atoms with van der Waals surface area (Å²) < 4.78 is 0. The van der Waals surface area contributed by atoms with E-state index in [2.05, 4.69) is 78.3 Å². The van der Waals surface area contributed by atoms with Gasteiger partial charge in [0, 0.05) is 16.4 Å². The SMILES string of the molecule is CC1(C)c2ccccc2-c2nc3ccccc3cc2[C@H]1Br. The van der Waals surface area contributed by atoms with Crippen LogP contribution in [0.2, 0.25) is 0 Å². The van der Waals surface area contributed by atoms with Crippen molar-refractivity contribution in [3.05, 3.63) is 65.7 Å². The number of para-hydroxylation sites is 1. The normalized spacial score (nSPS) is 19.1. The van der Waals surface area contributed by atoms with E-state index >= 15 is 0 Å². The zero-order valence-electron chi connectivity index (χ0n) is 12.1. The highest BCUT2D eigenvalue weighted by Gasteiger charge is 2.39. The van der Waals surface area contributed by atoms with E-state index < -0.39 is 0 Å². The average Bonchev–Trinajstić information content (AvgIpc) is 2.52. The van der Waals surface area contributed by atoms with Crippen LogP contribution in [0.3, 0.4) is 0 Å². The van der Waals surface area contributed by atoms with Gasteiger partial charge in [-0.2, -0.15) is 0 Å². The number of nitrogens with zero attached hydrogens (tertiary/aromatic N) is 1. The molecular weight excluding hydrogens is 322 g/mol. The Hall–Kier alpha value is -1.67. The molecule has 1 aromatic heterocycles. The van der Waals surface area contributed by atoms with Crippen LogP contribution in [0.15, 0.2) is 54.6 Å². The number of rotatable bonds is 0. The minimum absolute atomic E-state index is 0.0493. The van der Waals surface area contributed by atoms with E-state index in [0.29, 0.717) is 0 Å². The fourth-order valence-corrected chi connectivity index (χ4v) is 3.91. The maximum absolute atomic E-state index is 4.94. The quantitative estimate of drug-likeness (QED) is 0.484. The number of aromatic nitrogens is 1. The molecule has 0 radical (unpaired) electrons. The lowest BCUT2D eigenvalue weighted by atomic mass is 9.71. The van der Waals surface area contributed by atoms with Crippen molar-refractivity contribution in [1.29, 1.82) is 0 Å². The Morgan fingerprint density at radius 1 is 1.00 bits per heavy atom. The van der Waals surface area contributed by atoms with Crippen LogP contribution in [0.1, 0.15) is 29.8 Å². The van der Waals surface area contributed by atoms with Crippen molar-refractivity contribution in [2.45, 2.75) is 24.1 Å². The van der Waals surface area contributed by atoms with E-state index in [-0.39, 0.29) is 10.2 Å². The van der Waals surface area contributed by atoms with Gasteiger partial charge in [0.25, 0.3) is 0 Å². The Kier molecular flexibility index (Phi) is 2.74. The molecule has 0 fully saturated rings. The monoisotopic (exact) mass is 337 g/mol. The molecule has 2 aromatic carbocycles. The minimum Gasteiger partial charge on any atom is -0.247 e. The van der Waals surface area contributed by atoms with Crippen molar-refractivity contribution in [1.82, 2.24) is 4.98 Å². The first kappa shape index (κ1) is 13.0. The van der Waals surface area contributed by atoms with Crippen molar-refractivity contribution in [3.63, 3.8) is 0 Å². The Labute approximate surface area is 133 Å². The molecule has 4 rings (SSSR count). The molecule has 3 aromatic rings. The van der Waals surface area contributed by atoms with Gasteiger partial charge in [0.2, 0.25) is 0 Å². The van der Waals surface area contributed by atoms with E-state index in [1.165, 1.54) is 22.1 Å². The second-order valence-electron chi connectivity index (χ2n) is 6.25. The van der Waals surface area contributed by atoms with E-state index in [4.69, 9.17) is 4.98 Å². The van der Waals surface area contributed by atoms with Crippen molar-refractivity contribution < 1.29 is 0 Å². The summed E-state index contributed by atoms with van der Waals surface area (Å²) in [7, 11) is 0. The molecule has 0 N–H and O–H groups in total. The summed E-state index contributed by atoms with van der Waals surface area (Å²) in [6.45, 7) is 4.59. The molecular formula is C19H16BrN. The highest BCUT2D eigenvalue weighted by Crippen LogP contribution is 2.52. The first-order chi connectivity index (χ1) is 10.1. The molecule has 0 spiro atoms. The van der Waals surface area contributed by atoms with Gasteiger partial charge in [-0.25, -0.2) is 4.98 Å². The standard InChI is InChI=1S/C19H16BrN/c1-19(2)15-9-5-4-8-13(15)17-14(18(19)20)11-12-7-3-6-10-16(12)21-17/h3-11,18H,1-2H3/t18-/m1/s1. The van der Waals surface area contributed by atoms with Crippen LogP contribution in [-0.2, 0) is 5.41 Å². The van der Waals surface area contributed by atoms with Crippen molar-refractivity contribution in [3.8, 4) is 11.3 Å². The van der Waals surface area contributed by atoms with Gasteiger partial charge >= 0.3 is 0 Å². The highest BCUT2D eigenvalue weighted by molar-refractivity contribution is 9.09. The van der Waals surface area contributed by atoms with Gasteiger partial charge in [-0.05, 0) is 23.3 Å². The number of fused-ring (bicyclic) bond motifs is 4. The zero-order valence-corrected chi connectivity index (χ0v) is 13.7. The topological polar surface area (TPSA) is 12.9 Å². The average molecular weight is 338 g/mol. The van der Waals surface area contributed by atoms with E-state index in [1.807, 2.05) is 6.07 Å². The predicted octanol–water partition coefficient (Wildman–Crippen LogP) is 5.63. The lowest BCUT2D eigenvalue weighted by Gasteiger charge is -2.38. The van der Waals surface area contributed by atoms with Gasteiger partial charge in [-0.1, -0.05) is 72.2 Å². The third-order valence-electron chi connectivity index (χ3n) is 4.54. The van der Waals surface area contributed by atoms with Crippen molar-refractivity contribution in [2.75, 3.05) is 0 Å². The summed E-state index contributed by atoms with van der Waals surface area (Å²) in [4.78, 5) is 5.21. The second-order valence-corrected chi connectivity index (χ2v) is 7.16. The third kappa shape index (κ3) is 1.78. The van der Waals surface area contributed by atoms with Crippen LogP contribution in [-0.4, -0.2) is 4.98 Å². The third-order valence-corrected chi connectivity index (χ3v) is 6.17. The van der Waals surface area contributed by atoms with Crippen molar-refractivity contribution >= 4 is 26.8 Å². The van der Waals surface area contributed by atoms with Crippen LogP contribution in [0, 0.1) is 0 Å². The Morgan fingerprint density at radius 3 is 2.57 bits per heavy atom. The maximum Gasteiger partial charge on any atom is 0.0756 e. The molecule has 1 atom stereocenters. The van der Waals surface area contributed by atoms with Crippen LogP contribution >= 0.6 is 15.9 Å². The van der Waals surface area contributed by atoms with Crippen LogP contribution in [0.25, 0.3) is 22.2 Å². The fourth-order valence-electron chi connectivity index (χ4n) is 3.32. The van der Waals surface area contributed by atoms with Gasteiger partial charge in [0.1, 0.15) is 0 Å². The molecule has 0 saturated carbocycles. The van der Waals surface area contributed by atoms with E-state index in [9.17, 15) is 0 Å². The van der Waals surface area contributed by atoms with Crippen LogP contribution < -0.4 is 0 Å². The molecule has 2 heteroatoms. The second kappa shape index (κ2) is 4.41. The zero-order chi connectivity index (χ0) is 14.6. The van der Waals surface area contributed by atoms with Crippen LogP contribution in [0.5, 0.6) is 0 Å². The molecule has 0 amide bonds. The molecule has 0 bridgehead atoms. The molecule has 21 heavy (non-hydrogen) atoms. The molecule has 1 aliphatic rings. The molecule has 0 saturated heterocycles. The first-order valence-corrected chi connectivity index (χ1v) is 8.14. The molecule has 0 aliphatic heterocycles. The Morgan fingerprint density at radius 2 is 1.71 bits per heavy atom. The first-order valence-electron chi connectivity index (χ1n) is 7.22. The number of benzene rings is 2. The van der Waals surface area contributed by atoms with Gasteiger partial charge in [0.05, 0.1) is 16.0 Å². The lowest BCUT2D eigenvalue weighted by molar-refractivity contribution is 0.511. The van der Waals surface area contributed by atoms with Crippen molar-refractivity contribution in [2.24, 2.45) is 0 Å². The summed E-state index contributed by atoms with van der Waals surface area (Å²) >= 11 is 3.92. The van der Waals surface area contributed by atoms with E-state index in [0.717, 1.165) is 11.2 Å². The molecule has 1 heterocycles. The van der Waals surface area contributed by atoms with Gasteiger partial charge < -0.3 is 0 Å². The number of pyridine rings is 1. The molecule has 104 valence electrons. The number of halogens is 1.